The van der Waals surface area contributed by atoms with Crippen molar-refractivity contribution in [3.63, 3.8) is 0 Å². The third-order valence-electron chi connectivity index (χ3n) is 2.32. The fourth-order valence-electron chi connectivity index (χ4n) is 0.842. The second-order valence-electron chi connectivity index (χ2n) is 3.77. The van der Waals surface area contributed by atoms with Crippen LogP contribution in [-0.2, 0) is 4.79 Å². The molecule has 66 valence electrons. The third-order valence-corrected chi connectivity index (χ3v) is 2.32. The van der Waals surface area contributed by atoms with Crippen molar-refractivity contribution in [1.29, 1.82) is 0 Å². The van der Waals surface area contributed by atoms with E-state index in [-0.39, 0.29) is 5.54 Å². The van der Waals surface area contributed by atoms with Crippen LogP contribution in [0.3, 0.4) is 0 Å². The lowest BCUT2D eigenvalue weighted by Crippen LogP contribution is -2.37. The van der Waals surface area contributed by atoms with Gasteiger partial charge in [0.2, 0.25) is 0 Å². The second kappa shape index (κ2) is 4.50. The normalized spacial score (nSPS) is 12.1. The van der Waals surface area contributed by atoms with Gasteiger partial charge in [0.05, 0.1) is 0 Å². The zero-order valence-corrected chi connectivity index (χ0v) is 8.05. The van der Waals surface area contributed by atoms with Crippen LogP contribution in [0.1, 0.15) is 33.1 Å². The molecule has 0 rings (SSSR count). The van der Waals surface area contributed by atoms with Crippen LogP contribution in [0.2, 0.25) is 0 Å². The smallest absolute Gasteiger partial charge is 0.119 e. The van der Waals surface area contributed by atoms with Crippen LogP contribution in [0.5, 0.6) is 0 Å². The molecule has 0 radical (unpaired) electrons. The van der Waals surface area contributed by atoms with Crippen molar-refractivity contribution in [2.45, 2.75) is 38.6 Å². The highest BCUT2D eigenvalue weighted by atomic mass is 16.1. The Morgan fingerprint density at radius 1 is 1.36 bits per heavy atom. The van der Waals surface area contributed by atoms with Crippen LogP contribution in [-0.4, -0.2) is 30.8 Å². The van der Waals surface area contributed by atoms with Crippen LogP contribution in [0, 0.1) is 0 Å². The molecule has 0 aromatic rings. The Kier molecular flexibility index (Phi) is 4.34. The maximum Gasteiger partial charge on any atom is 0.119 e. The van der Waals surface area contributed by atoms with Crippen molar-refractivity contribution in [1.82, 2.24) is 4.90 Å². The maximum atomic E-state index is 10.0. The topological polar surface area (TPSA) is 20.3 Å². The van der Waals surface area contributed by atoms with E-state index in [1.54, 1.807) is 0 Å². The summed E-state index contributed by atoms with van der Waals surface area (Å²) in [5.41, 5.74) is 0.225. The molecule has 0 aliphatic rings. The van der Waals surface area contributed by atoms with Crippen molar-refractivity contribution < 1.29 is 4.79 Å². The third kappa shape index (κ3) is 4.14. The van der Waals surface area contributed by atoms with Crippen molar-refractivity contribution >= 4 is 6.29 Å². The molecule has 11 heavy (non-hydrogen) atoms. The number of hydrogen-bond acceptors (Lipinski definition) is 2. The lowest BCUT2D eigenvalue weighted by molar-refractivity contribution is -0.108. The molecule has 2 heteroatoms. The minimum Gasteiger partial charge on any atom is -0.304 e. The Morgan fingerprint density at radius 3 is 2.27 bits per heavy atom. The van der Waals surface area contributed by atoms with Crippen LogP contribution in [0.4, 0.5) is 0 Å². The van der Waals surface area contributed by atoms with E-state index < -0.39 is 0 Å². The monoisotopic (exact) mass is 157 g/mol. The highest BCUT2D eigenvalue weighted by molar-refractivity contribution is 5.48. The fraction of sp³-hybridized carbons (Fsp3) is 0.889. The predicted molar refractivity (Wildman–Crippen MR) is 47.7 cm³/mol. The Hall–Kier alpha value is -0.370. The molecule has 0 bridgehead atoms. The van der Waals surface area contributed by atoms with Gasteiger partial charge in [0.15, 0.2) is 0 Å². The molecule has 0 fully saturated rings. The average Bonchev–Trinajstić information content (AvgIpc) is 1.88. The average molecular weight is 157 g/mol. The summed E-state index contributed by atoms with van der Waals surface area (Å²) in [6.07, 6.45) is 3.76. The molecule has 0 unspecified atom stereocenters. The number of rotatable bonds is 5. The first-order valence-electron chi connectivity index (χ1n) is 4.12. The summed E-state index contributed by atoms with van der Waals surface area (Å²) in [7, 11) is 4.14. The summed E-state index contributed by atoms with van der Waals surface area (Å²) >= 11 is 0. The van der Waals surface area contributed by atoms with Crippen molar-refractivity contribution in [3.05, 3.63) is 0 Å². The molecular weight excluding hydrogens is 138 g/mol. The molecule has 0 spiro atoms. The highest BCUT2D eigenvalue weighted by Gasteiger charge is 2.18. The number of nitrogens with zero attached hydrogens (tertiary/aromatic N) is 1. The zero-order valence-electron chi connectivity index (χ0n) is 8.05. The van der Waals surface area contributed by atoms with Gasteiger partial charge in [-0.1, -0.05) is 0 Å². The standard InChI is InChI=1S/C9H19NO/c1-9(2,10(3)4)7-5-6-8-11/h8H,5-7H2,1-4H3. The Bertz CT molecular complexity index is 119. The van der Waals surface area contributed by atoms with Gasteiger partial charge in [-0.3, -0.25) is 0 Å². The summed E-state index contributed by atoms with van der Waals surface area (Å²) in [4.78, 5) is 12.2. The number of hydrogen-bond donors (Lipinski definition) is 0. The quantitative estimate of drug-likeness (QED) is 0.447. The van der Waals surface area contributed by atoms with Crippen molar-refractivity contribution in [3.8, 4) is 0 Å². The van der Waals surface area contributed by atoms with Crippen LogP contribution >= 0.6 is 0 Å². The molecule has 0 aromatic heterocycles. The van der Waals surface area contributed by atoms with Crippen molar-refractivity contribution in [2.75, 3.05) is 14.1 Å². The molecular formula is C9H19NO. The Balaban J connectivity index is 3.63. The van der Waals surface area contributed by atoms with E-state index in [0.717, 1.165) is 19.1 Å². The second-order valence-corrected chi connectivity index (χ2v) is 3.77. The highest BCUT2D eigenvalue weighted by Crippen LogP contribution is 2.17. The molecule has 0 saturated carbocycles. The van der Waals surface area contributed by atoms with E-state index in [2.05, 4.69) is 32.8 Å². The Labute approximate surface area is 69.6 Å². The minimum absolute atomic E-state index is 0.225. The van der Waals surface area contributed by atoms with Gasteiger partial charge in [-0.25, -0.2) is 0 Å². The first-order chi connectivity index (χ1) is 5.00. The number of aldehydes is 1. The summed E-state index contributed by atoms with van der Waals surface area (Å²) < 4.78 is 0. The van der Waals surface area contributed by atoms with Gasteiger partial charge in [-0.2, -0.15) is 0 Å². The van der Waals surface area contributed by atoms with E-state index >= 15 is 0 Å². The van der Waals surface area contributed by atoms with E-state index in [0.29, 0.717) is 6.42 Å². The number of unbranched alkanes of at least 4 members (excludes halogenated alkanes) is 1. The largest absolute Gasteiger partial charge is 0.304 e. The van der Waals surface area contributed by atoms with Crippen LogP contribution in [0.25, 0.3) is 0 Å². The number of carbonyl (C=O) groups excluding carboxylic acids is 1. The Morgan fingerprint density at radius 2 is 1.91 bits per heavy atom. The van der Waals surface area contributed by atoms with Crippen LogP contribution in [0.15, 0.2) is 0 Å². The zero-order chi connectivity index (χ0) is 8.91. The van der Waals surface area contributed by atoms with Gasteiger partial charge in [-0.05, 0) is 40.8 Å². The molecule has 0 N–H and O–H groups in total. The summed E-state index contributed by atoms with van der Waals surface area (Å²) in [5.74, 6) is 0. The van der Waals surface area contributed by atoms with Gasteiger partial charge in [0.1, 0.15) is 6.29 Å². The fourth-order valence-corrected chi connectivity index (χ4v) is 0.842. The van der Waals surface area contributed by atoms with Crippen LogP contribution < -0.4 is 0 Å². The minimum atomic E-state index is 0.225. The maximum absolute atomic E-state index is 10.0. The van der Waals surface area contributed by atoms with Gasteiger partial charge in [0, 0.05) is 12.0 Å². The van der Waals surface area contributed by atoms with Crippen molar-refractivity contribution in [2.24, 2.45) is 0 Å². The van der Waals surface area contributed by atoms with E-state index in [1.165, 1.54) is 0 Å². The summed E-state index contributed by atoms with van der Waals surface area (Å²) in [5, 5.41) is 0. The summed E-state index contributed by atoms with van der Waals surface area (Å²) in [6.45, 7) is 4.38. The molecule has 0 atom stereocenters. The first-order valence-corrected chi connectivity index (χ1v) is 4.12. The van der Waals surface area contributed by atoms with Gasteiger partial charge < -0.3 is 9.69 Å². The molecule has 0 amide bonds. The van der Waals surface area contributed by atoms with Gasteiger partial charge in [0.25, 0.3) is 0 Å². The summed E-state index contributed by atoms with van der Waals surface area (Å²) in [6, 6.07) is 0. The molecule has 0 aliphatic heterocycles. The van der Waals surface area contributed by atoms with E-state index in [9.17, 15) is 4.79 Å². The first kappa shape index (κ1) is 10.6. The van der Waals surface area contributed by atoms with Gasteiger partial charge in [-0.15, -0.1) is 0 Å². The van der Waals surface area contributed by atoms with Gasteiger partial charge >= 0.3 is 0 Å². The molecule has 0 aliphatic carbocycles. The van der Waals surface area contributed by atoms with E-state index in [1.807, 2.05) is 0 Å². The number of carbonyl (C=O) groups is 1. The molecule has 0 saturated heterocycles. The molecule has 2 nitrogen and oxygen atoms in total. The van der Waals surface area contributed by atoms with E-state index in [4.69, 9.17) is 0 Å². The SMILES string of the molecule is CN(C)C(C)(C)CCCC=O. The molecule has 0 heterocycles. The predicted octanol–water partition coefficient (Wildman–Crippen LogP) is 1.70. The lowest BCUT2D eigenvalue weighted by atomic mass is 9.96. The lowest BCUT2D eigenvalue weighted by Gasteiger charge is -2.32. The molecule has 0 aromatic carbocycles.